The average Bonchev–Trinajstić information content (AvgIpc) is 2.62. The molecule has 1 unspecified atom stereocenters. The fraction of sp³-hybridized carbons (Fsp3) is 0.222. The van der Waals surface area contributed by atoms with Gasteiger partial charge in [-0.05, 0) is 36.4 Å². The number of hydrogen-bond donors (Lipinski definition) is 0. The Bertz CT molecular complexity index is 697. The van der Waals surface area contributed by atoms with E-state index in [9.17, 15) is 9.59 Å². The number of rotatable bonds is 4. The molecule has 1 amide bonds. The standard InChI is InChI=1S/C18H17NO4/c1-22-15-9-7-13(8-10-15)16(20)17-18(21)19(11-12-23-17)14-5-3-2-4-6-14/h2-10,17H,11-12H2,1H3. The highest BCUT2D eigenvalue weighted by Gasteiger charge is 2.36. The lowest BCUT2D eigenvalue weighted by molar-refractivity contribution is -0.130. The van der Waals surface area contributed by atoms with Gasteiger partial charge in [-0.2, -0.15) is 0 Å². The van der Waals surface area contributed by atoms with E-state index in [0.29, 0.717) is 24.5 Å². The van der Waals surface area contributed by atoms with Crippen LogP contribution in [0.1, 0.15) is 10.4 Å². The van der Waals surface area contributed by atoms with E-state index in [4.69, 9.17) is 9.47 Å². The molecule has 1 saturated heterocycles. The molecule has 1 heterocycles. The van der Waals surface area contributed by atoms with Gasteiger partial charge in [0.15, 0.2) is 6.10 Å². The Kier molecular flexibility index (Phi) is 4.39. The molecule has 0 N–H and O–H groups in total. The minimum atomic E-state index is -1.10. The van der Waals surface area contributed by atoms with Crippen molar-refractivity contribution in [3.05, 3.63) is 60.2 Å². The molecule has 5 nitrogen and oxygen atoms in total. The lowest BCUT2D eigenvalue weighted by atomic mass is 10.0. The largest absolute Gasteiger partial charge is 0.497 e. The highest BCUT2D eigenvalue weighted by molar-refractivity contribution is 6.17. The van der Waals surface area contributed by atoms with E-state index >= 15 is 0 Å². The van der Waals surface area contributed by atoms with E-state index < -0.39 is 6.10 Å². The first kappa shape index (κ1) is 15.2. The van der Waals surface area contributed by atoms with Gasteiger partial charge in [0.2, 0.25) is 5.78 Å². The summed E-state index contributed by atoms with van der Waals surface area (Å²) in [5.74, 6) is -0.00935. The fourth-order valence-electron chi connectivity index (χ4n) is 2.54. The lowest BCUT2D eigenvalue weighted by Crippen LogP contribution is -2.51. The van der Waals surface area contributed by atoms with E-state index in [1.165, 1.54) is 0 Å². The molecule has 2 aromatic carbocycles. The number of hydrogen-bond acceptors (Lipinski definition) is 4. The van der Waals surface area contributed by atoms with Crippen molar-refractivity contribution in [2.24, 2.45) is 0 Å². The molecule has 5 heteroatoms. The van der Waals surface area contributed by atoms with E-state index in [0.717, 1.165) is 5.69 Å². The number of ketones is 1. The Morgan fingerprint density at radius 2 is 1.83 bits per heavy atom. The van der Waals surface area contributed by atoms with Crippen molar-refractivity contribution >= 4 is 17.4 Å². The zero-order valence-corrected chi connectivity index (χ0v) is 12.8. The van der Waals surface area contributed by atoms with Gasteiger partial charge >= 0.3 is 0 Å². The summed E-state index contributed by atoms with van der Waals surface area (Å²) in [6.45, 7) is 0.766. The number of amides is 1. The predicted molar refractivity (Wildman–Crippen MR) is 85.9 cm³/mol. The summed E-state index contributed by atoms with van der Waals surface area (Å²) in [5.41, 5.74) is 1.20. The van der Waals surface area contributed by atoms with Gasteiger partial charge in [-0.25, -0.2) is 0 Å². The van der Waals surface area contributed by atoms with Gasteiger partial charge in [0.05, 0.1) is 13.7 Å². The van der Waals surface area contributed by atoms with Crippen molar-refractivity contribution in [3.8, 4) is 5.75 Å². The number of methoxy groups -OCH3 is 1. The molecule has 118 valence electrons. The second-order valence-corrected chi connectivity index (χ2v) is 5.17. The predicted octanol–water partition coefficient (Wildman–Crippen LogP) is 2.31. The minimum Gasteiger partial charge on any atom is -0.497 e. The van der Waals surface area contributed by atoms with Crippen molar-refractivity contribution in [3.63, 3.8) is 0 Å². The Labute approximate surface area is 134 Å². The molecule has 1 aliphatic rings. The highest BCUT2D eigenvalue weighted by atomic mass is 16.5. The van der Waals surface area contributed by atoms with Crippen molar-refractivity contribution in [2.45, 2.75) is 6.10 Å². The number of anilines is 1. The number of benzene rings is 2. The third kappa shape index (κ3) is 3.10. The van der Waals surface area contributed by atoms with E-state index in [2.05, 4.69) is 0 Å². The van der Waals surface area contributed by atoms with E-state index in [1.54, 1.807) is 36.3 Å². The summed E-state index contributed by atoms with van der Waals surface area (Å²) >= 11 is 0. The highest BCUT2D eigenvalue weighted by Crippen LogP contribution is 2.21. The molecule has 23 heavy (non-hydrogen) atoms. The quantitative estimate of drug-likeness (QED) is 0.642. The number of carbonyl (C=O) groups excluding carboxylic acids is 2. The molecule has 0 aliphatic carbocycles. The van der Waals surface area contributed by atoms with Gasteiger partial charge in [0.1, 0.15) is 5.75 Å². The number of ether oxygens (including phenoxy) is 2. The van der Waals surface area contributed by atoms with Gasteiger partial charge in [-0.15, -0.1) is 0 Å². The third-order valence-corrected chi connectivity index (χ3v) is 3.77. The molecule has 0 aromatic heterocycles. The van der Waals surface area contributed by atoms with Crippen molar-refractivity contribution in [1.82, 2.24) is 0 Å². The maximum Gasteiger partial charge on any atom is 0.264 e. The summed E-state index contributed by atoms with van der Waals surface area (Å²) in [6.07, 6.45) is -1.10. The number of Topliss-reactive ketones (excluding diaryl/α,β-unsaturated/α-hetero) is 1. The second kappa shape index (κ2) is 6.62. The second-order valence-electron chi connectivity index (χ2n) is 5.17. The van der Waals surface area contributed by atoms with Crippen LogP contribution in [0.25, 0.3) is 0 Å². The Hall–Kier alpha value is -2.66. The lowest BCUT2D eigenvalue weighted by Gasteiger charge is -2.31. The Morgan fingerprint density at radius 3 is 2.48 bits per heavy atom. The van der Waals surface area contributed by atoms with Crippen LogP contribution >= 0.6 is 0 Å². The summed E-state index contributed by atoms with van der Waals surface area (Å²) in [7, 11) is 1.56. The summed E-state index contributed by atoms with van der Waals surface area (Å²) in [5, 5.41) is 0. The average molecular weight is 311 g/mol. The van der Waals surface area contributed by atoms with Gasteiger partial charge in [0, 0.05) is 17.8 Å². The molecule has 1 fully saturated rings. The molecular weight excluding hydrogens is 294 g/mol. The van der Waals surface area contributed by atoms with Crippen molar-refractivity contribution in [1.29, 1.82) is 0 Å². The van der Waals surface area contributed by atoms with E-state index in [1.807, 2.05) is 30.3 Å². The number of para-hydroxylation sites is 1. The van der Waals surface area contributed by atoms with Crippen LogP contribution in [0.15, 0.2) is 54.6 Å². The number of carbonyl (C=O) groups is 2. The zero-order chi connectivity index (χ0) is 16.2. The first-order valence-electron chi connectivity index (χ1n) is 7.37. The fourth-order valence-corrected chi connectivity index (χ4v) is 2.54. The first-order chi connectivity index (χ1) is 11.2. The number of nitrogens with zero attached hydrogens (tertiary/aromatic N) is 1. The van der Waals surface area contributed by atoms with Crippen LogP contribution in [0.5, 0.6) is 5.75 Å². The summed E-state index contributed by atoms with van der Waals surface area (Å²) < 4.78 is 10.5. The monoisotopic (exact) mass is 311 g/mol. The van der Waals surface area contributed by atoms with Crippen LogP contribution in [0.2, 0.25) is 0 Å². The molecule has 0 radical (unpaired) electrons. The van der Waals surface area contributed by atoms with Crippen molar-refractivity contribution < 1.29 is 19.1 Å². The zero-order valence-electron chi connectivity index (χ0n) is 12.8. The van der Waals surface area contributed by atoms with Crippen molar-refractivity contribution in [2.75, 3.05) is 25.2 Å². The number of morpholine rings is 1. The molecule has 0 spiro atoms. The molecule has 2 aromatic rings. The van der Waals surface area contributed by atoms with Gasteiger partial charge < -0.3 is 14.4 Å². The normalized spacial score (nSPS) is 17.9. The smallest absolute Gasteiger partial charge is 0.264 e. The maximum atomic E-state index is 12.6. The van der Waals surface area contributed by atoms with Gasteiger partial charge in [-0.3, -0.25) is 9.59 Å². The Morgan fingerprint density at radius 1 is 1.13 bits per heavy atom. The van der Waals surface area contributed by atoms with Crippen LogP contribution in [0.4, 0.5) is 5.69 Å². The molecule has 0 saturated carbocycles. The molecule has 1 atom stereocenters. The maximum absolute atomic E-state index is 12.6. The van der Waals surface area contributed by atoms with Gasteiger partial charge in [0.25, 0.3) is 5.91 Å². The Balaban J connectivity index is 1.81. The van der Waals surface area contributed by atoms with Crippen LogP contribution in [-0.4, -0.2) is 38.1 Å². The SMILES string of the molecule is COc1ccc(C(=O)C2OCCN(c3ccccc3)C2=O)cc1. The van der Waals surface area contributed by atoms with Gasteiger partial charge in [-0.1, -0.05) is 18.2 Å². The van der Waals surface area contributed by atoms with E-state index in [-0.39, 0.29) is 11.7 Å². The van der Waals surface area contributed by atoms with Crippen LogP contribution < -0.4 is 9.64 Å². The van der Waals surface area contributed by atoms with Crippen LogP contribution in [0.3, 0.4) is 0 Å². The topological polar surface area (TPSA) is 55.8 Å². The summed E-state index contributed by atoms with van der Waals surface area (Å²) in [6, 6.07) is 15.9. The third-order valence-electron chi connectivity index (χ3n) is 3.77. The molecule has 3 rings (SSSR count). The molecule has 1 aliphatic heterocycles. The van der Waals surface area contributed by atoms with Crippen LogP contribution in [0, 0.1) is 0 Å². The van der Waals surface area contributed by atoms with Crippen LogP contribution in [-0.2, 0) is 9.53 Å². The molecule has 0 bridgehead atoms. The minimum absolute atomic E-state index is 0.327. The first-order valence-corrected chi connectivity index (χ1v) is 7.37. The summed E-state index contributed by atoms with van der Waals surface area (Å²) in [4.78, 5) is 26.8. The molecular formula is C18H17NO4.